The Kier molecular flexibility index (Phi) is 13.5. The monoisotopic (exact) mass is 568 g/mol. The molecule has 0 unspecified atom stereocenters. The second kappa shape index (κ2) is 14.3. The number of rotatable bonds is 6. The number of aliphatic hydroxyl groups is 1. The van der Waals surface area contributed by atoms with E-state index in [0.717, 1.165) is 11.1 Å². The zero-order chi connectivity index (χ0) is 29.2. The van der Waals surface area contributed by atoms with Crippen LogP contribution >= 0.6 is 11.1 Å². The van der Waals surface area contributed by atoms with Gasteiger partial charge in [-0.15, -0.1) is 0 Å². The van der Waals surface area contributed by atoms with Crippen molar-refractivity contribution in [1.29, 1.82) is 0 Å². The third-order valence-electron chi connectivity index (χ3n) is 6.77. The van der Waals surface area contributed by atoms with Gasteiger partial charge in [0.1, 0.15) is 0 Å². The van der Waals surface area contributed by atoms with E-state index in [1.165, 1.54) is 12.1 Å². The fraction of sp³-hybridized carbons (Fsp3) is 0.500. The molecule has 3 N–H and O–H groups in total. The molecular weight excluding hydrogens is 524 g/mol. The Morgan fingerprint density at radius 2 is 1.05 bits per heavy atom. The van der Waals surface area contributed by atoms with Crippen molar-refractivity contribution < 1.29 is 29.3 Å². The molecule has 37 heavy (non-hydrogen) atoms. The van der Waals surface area contributed by atoms with Gasteiger partial charge in [0.05, 0.1) is 24.3 Å². The Morgan fingerprint density at radius 1 is 0.730 bits per heavy atom. The molecule has 0 heterocycles. The molecule has 0 aliphatic heterocycles. The van der Waals surface area contributed by atoms with E-state index in [0.29, 0.717) is 17.2 Å². The van der Waals surface area contributed by atoms with E-state index in [2.05, 4.69) is 67.7 Å². The molecule has 0 aliphatic carbocycles. The van der Waals surface area contributed by atoms with Crippen LogP contribution in [-0.4, -0.2) is 43.0 Å². The molecule has 0 fully saturated rings. The first-order chi connectivity index (χ1) is 16.6. The Balaban J connectivity index is 0.000000580. The lowest BCUT2D eigenvalue weighted by Gasteiger charge is -2.36. The third-order valence-corrected chi connectivity index (χ3v) is 16.5. The van der Waals surface area contributed by atoms with E-state index in [-0.39, 0.29) is 17.2 Å². The molecule has 0 saturated carbocycles. The van der Waals surface area contributed by atoms with Crippen molar-refractivity contribution in [3.05, 3.63) is 70.8 Å². The minimum atomic E-state index is -1.74. The van der Waals surface area contributed by atoms with Crippen LogP contribution in [0.4, 0.5) is 0 Å². The smallest absolute Gasteiger partial charge is 0.335 e. The van der Waals surface area contributed by atoms with Crippen LogP contribution in [0.5, 0.6) is 0 Å². The summed E-state index contributed by atoms with van der Waals surface area (Å²) in [5.41, 5.74) is 2.29. The number of aliphatic hydroxyl groups excluding tert-OH is 1. The molecule has 0 saturated heterocycles. The highest BCUT2D eigenvalue weighted by molar-refractivity contribution is 7.20. The molecule has 9 heteroatoms. The summed E-state index contributed by atoms with van der Waals surface area (Å²) in [5, 5.41) is 26.5. The molecule has 0 radical (unpaired) electrons. The van der Waals surface area contributed by atoms with Crippen molar-refractivity contribution in [2.24, 2.45) is 0 Å². The number of carboxylic acid groups (broad SMARTS) is 2. The van der Waals surface area contributed by atoms with E-state index in [4.69, 9.17) is 30.8 Å². The van der Waals surface area contributed by atoms with Gasteiger partial charge in [-0.25, -0.2) is 9.59 Å². The zero-order valence-corrected chi connectivity index (χ0v) is 26.7. The number of carbonyl (C=O) groups is 2. The summed E-state index contributed by atoms with van der Waals surface area (Å²) in [6.07, 6.45) is 0. The summed E-state index contributed by atoms with van der Waals surface area (Å²) in [4.78, 5) is 21.1. The van der Waals surface area contributed by atoms with Crippen LogP contribution in [0, 0.1) is 0 Å². The van der Waals surface area contributed by atoms with Gasteiger partial charge < -0.3 is 19.7 Å². The third kappa shape index (κ3) is 12.9. The Bertz CT molecular complexity index is 972. The second-order valence-corrected chi connectivity index (χ2v) is 24.0. The highest BCUT2D eigenvalue weighted by Gasteiger charge is 2.37. The highest BCUT2D eigenvalue weighted by Crippen LogP contribution is 2.38. The standard InChI is InChI=1S/C14H22O3Si.C8H8O3.C6H15ClSi/c1-14(2,3)18(4,5)17-10-11-6-8-12(9-7-11)13(15)16;9-5-6-1-3-7(4-2-6)8(10)11;1-6(2,3)8(4,5)7/h6-9H,10H2,1-5H3,(H,15,16);1-4,9H,5H2,(H,10,11);1-5H3. The maximum absolute atomic E-state index is 10.7. The van der Waals surface area contributed by atoms with E-state index in [1.54, 1.807) is 24.3 Å². The molecular formula is C28H45ClO6Si2. The summed E-state index contributed by atoms with van der Waals surface area (Å²) >= 11 is 6.15. The molecule has 2 rings (SSSR count). The van der Waals surface area contributed by atoms with Crippen molar-refractivity contribution in [3.8, 4) is 0 Å². The Hall–Kier alpha value is -1.98. The number of hydrogen-bond acceptors (Lipinski definition) is 4. The van der Waals surface area contributed by atoms with Crippen LogP contribution in [0.15, 0.2) is 48.5 Å². The highest BCUT2D eigenvalue weighted by atomic mass is 35.6. The Morgan fingerprint density at radius 3 is 1.30 bits per heavy atom. The zero-order valence-electron chi connectivity index (χ0n) is 24.0. The van der Waals surface area contributed by atoms with Gasteiger partial charge >= 0.3 is 11.9 Å². The van der Waals surface area contributed by atoms with Crippen LogP contribution in [-0.2, 0) is 17.6 Å². The summed E-state index contributed by atoms with van der Waals surface area (Å²) in [7, 11) is -3.13. The first-order valence-corrected chi connectivity index (χ1v) is 19.1. The molecule has 0 atom stereocenters. The van der Waals surface area contributed by atoms with E-state index < -0.39 is 27.6 Å². The van der Waals surface area contributed by atoms with Gasteiger partial charge in [-0.2, -0.15) is 11.1 Å². The predicted octanol–water partition coefficient (Wildman–Crippen LogP) is 8.01. The van der Waals surface area contributed by atoms with Crippen molar-refractivity contribution >= 4 is 38.7 Å². The van der Waals surface area contributed by atoms with Crippen LogP contribution in [0.25, 0.3) is 0 Å². The van der Waals surface area contributed by atoms with Gasteiger partial charge in [0.2, 0.25) is 0 Å². The molecule has 2 aromatic carbocycles. The quantitative estimate of drug-likeness (QED) is 0.241. The van der Waals surface area contributed by atoms with Crippen molar-refractivity contribution in [2.45, 2.75) is 91.0 Å². The molecule has 6 nitrogen and oxygen atoms in total. The van der Waals surface area contributed by atoms with Gasteiger partial charge in [-0.1, -0.05) is 78.9 Å². The van der Waals surface area contributed by atoms with Crippen molar-refractivity contribution in [3.63, 3.8) is 0 Å². The largest absolute Gasteiger partial charge is 0.478 e. The van der Waals surface area contributed by atoms with Crippen LogP contribution in [0.1, 0.15) is 73.4 Å². The molecule has 0 aliphatic rings. The predicted molar refractivity (Wildman–Crippen MR) is 158 cm³/mol. The van der Waals surface area contributed by atoms with Gasteiger partial charge in [0.15, 0.2) is 15.7 Å². The van der Waals surface area contributed by atoms with Crippen LogP contribution in [0.3, 0.4) is 0 Å². The number of carboxylic acids is 2. The van der Waals surface area contributed by atoms with Crippen LogP contribution < -0.4 is 0 Å². The van der Waals surface area contributed by atoms with Crippen LogP contribution in [0.2, 0.25) is 36.3 Å². The lowest BCUT2D eigenvalue weighted by molar-refractivity contribution is 0.0686. The minimum absolute atomic E-state index is 0.0557. The maximum Gasteiger partial charge on any atom is 0.335 e. The topological polar surface area (TPSA) is 104 Å². The Labute approximate surface area is 229 Å². The molecule has 0 aromatic heterocycles. The fourth-order valence-corrected chi connectivity index (χ4v) is 2.94. The lowest BCUT2D eigenvalue weighted by Crippen LogP contribution is -2.40. The SMILES string of the molecule is CC(C)(C)[Si](C)(C)Cl.CC(C)(C)[Si](C)(C)OCc1ccc(C(=O)O)cc1.O=C(O)c1ccc(CO)cc1. The first-order valence-electron chi connectivity index (χ1n) is 12.2. The first kappa shape index (κ1) is 35.0. The molecule has 208 valence electrons. The van der Waals surface area contributed by atoms with Gasteiger partial charge in [-0.3, -0.25) is 0 Å². The van der Waals surface area contributed by atoms with Gasteiger partial charge in [0, 0.05) is 0 Å². The average molecular weight is 569 g/mol. The van der Waals surface area contributed by atoms with E-state index in [9.17, 15) is 9.59 Å². The summed E-state index contributed by atoms with van der Waals surface area (Å²) < 4.78 is 6.07. The second-order valence-electron chi connectivity index (χ2n) is 11.9. The molecule has 0 amide bonds. The van der Waals surface area contributed by atoms with E-state index in [1.807, 2.05) is 12.1 Å². The minimum Gasteiger partial charge on any atom is -0.478 e. The summed E-state index contributed by atoms with van der Waals surface area (Å²) in [5.74, 6) is -1.85. The number of halogens is 1. The summed E-state index contributed by atoms with van der Waals surface area (Å²) in [6.45, 7) is 22.5. The molecule has 0 spiro atoms. The summed E-state index contributed by atoms with van der Waals surface area (Å²) in [6, 6.07) is 13.0. The van der Waals surface area contributed by atoms with Gasteiger partial charge in [-0.05, 0) is 58.6 Å². The molecule has 2 aromatic rings. The molecule has 0 bridgehead atoms. The van der Waals surface area contributed by atoms with Gasteiger partial charge in [0.25, 0.3) is 0 Å². The van der Waals surface area contributed by atoms with E-state index >= 15 is 0 Å². The van der Waals surface area contributed by atoms with Crippen molar-refractivity contribution in [1.82, 2.24) is 0 Å². The van der Waals surface area contributed by atoms with Crippen molar-refractivity contribution in [2.75, 3.05) is 0 Å². The number of aromatic carboxylic acids is 2. The normalized spacial score (nSPS) is 12.0. The maximum atomic E-state index is 10.7. The fourth-order valence-electron chi connectivity index (χ4n) is 1.98. The number of hydrogen-bond donors (Lipinski definition) is 3. The average Bonchev–Trinajstić information content (AvgIpc) is 2.77. The lowest BCUT2D eigenvalue weighted by atomic mass is 10.1. The number of benzene rings is 2.